The summed E-state index contributed by atoms with van der Waals surface area (Å²) >= 11 is 7.07. The van der Waals surface area contributed by atoms with Gasteiger partial charge in [0.2, 0.25) is 0 Å². The highest BCUT2D eigenvalue weighted by Crippen LogP contribution is 2.38. The van der Waals surface area contributed by atoms with Gasteiger partial charge in [-0.05, 0) is 50.2 Å². The van der Waals surface area contributed by atoms with E-state index in [1.54, 1.807) is 56.3 Å². The van der Waals surface area contributed by atoms with Crippen molar-refractivity contribution >= 4 is 40.7 Å². The van der Waals surface area contributed by atoms with Crippen molar-refractivity contribution in [3.8, 4) is 22.8 Å². The number of nitro groups is 1. The molecule has 1 aliphatic rings. The van der Waals surface area contributed by atoms with Gasteiger partial charge in [-0.15, -0.1) is 0 Å². The zero-order valence-electron chi connectivity index (χ0n) is 22.9. The lowest BCUT2D eigenvalue weighted by Gasteiger charge is -2.26. The zero-order valence-corrected chi connectivity index (χ0v) is 24.4. The van der Waals surface area contributed by atoms with Crippen molar-refractivity contribution in [1.29, 1.82) is 0 Å². The summed E-state index contributed by atoms with van der Waals surface area (Å²) in [6.45, 7) is 3.53. The Morgan fingerprint density at radius 3 is 2.67 bits per heavy atom. The predicted molar refractivity (Wildman–Crippen MR) is 156 cm³/mol. The summed E-state index contributed by atoms with van der Waals surface area (Å²) < 4.78 is 23.9. The minimum absolute atomic E-state index is 0.0113. The van der Waals surface area contributed by atoms with Crippen molar-refractivity contribution in [2.75, 3.05) is 20.8 Å². The van der Waals surface area contributed by atoms with E-state index in [4.69, 9.17) is 30.2 Å². The summed E-state index contributed by atoms with van der Waals surface area (Å²) in [5, 5.41) is 11.3. The molecule has 216 valence electrons. The number of ether oxygens (including phenoxy) is 3. The van der Waals surface area contributed by atoms with Crippen LogP contribution in [0.3, 0.4) is 0 Å². The topological polar surface area (TPSA) is 135 Å². The molecule has 5 rings (SSSR count). The van der Waals surface area contributed by atoms with Crippen LogP contribution in [-0.2, 0) is 9.53 Å². The van der Waals surface area contributed by atoms with Gasteiger partial charge < -0.3 is 18.6 Å². The molecule has 2 aromatic heterocycles. The van der Waals surface area contributed by atoms with Crippen LogP contribution in [0.1, 0.15) is 31.2 Å². The number of thiazole rings is 1. The number of furan rings is 1. The average Bonchev–Trinajstić information content (AvgIpc) is 3.56. The maximum atomic E-state index is 13.9. The number of halogens is 1. The van der Waals surface area contributed by atoms with E-state index in [9.17, 15) is 19.7 Å². The monoisotopic (exact) mass is 609 g/mol. The number of esters is 1. The summed E-state index contributed by atoms with van der Waals surface area (Å²) in [4.78, 5) is 42.8. The first kappa shape index (κ1) is 28.8. The van der Waals surface area contributed by atoms with Crippen molar-refractivity contribution in [3.63, 3.8) is 0 Å². The Morgan fingerprint density at radius 2 is 1.98 bits per heavy atom. The highest BCUT2D eigenvalue weighted by atomic mass is 35.5. The molecular weight excluding hydrogens is 586 g/mol. The molecule has 3 heterocycles. The molecule has 0 spiro atoms. The van der Waals surface area contributed by atoms with E-state index >= 15 is 0 Å². The summed E-state index contributed by atoms with van der Waals surface area (Å²) in [5.41, 5.74) is 0.970. The fourth-order valence-electron chi connectivity index (χ4n) is 4.65. The van der Waals surface area contributed by atoms with E-state index in [1.807, 2.05) is 0 Å². The van der Waals surface area contributed by atoms with Crippen LogP contribution in [0.25, 0.3) is 17.4 Å². The third-order valence-electron chi connectivity index (χ3n) is 6.58. The lowest BCUT2D eigenvalue weighted by atomic mass is 9.95. The van der Waals surface area contributed by atoms with Gasteiger partial charge in [-0.25, -0.2) is 9.79 Å². The summed E-state index contributed by atoms with van der Waals surface area (Å²) in [6, 6.07) is 11.9. The van der Waals surface area contributed by atoms with E-state index in [1.165, 1.54) is 30.9 Å². The number of hydrogen-bond donors (Lipinski definition) is 0. The smallest absolute Gasteiger partial charge is 0.338 e. The molecule has 0 saturated carbocycles. The quantitative estimate of drug-likeness (QED) is 0.160. The summed E-state index contributed by atoms with van der Waals surface area (Å²) in [7, 11) is 3.02. The molecule has 0 radical (unpaired) electrons. The highest BCUT2D eigenvalue weighted by molar-refractivity contribution is 7.07. The Labute approximate surface area is 247 Å². The average molecular weight is 610 g/mol. The molecule has 0 aliphatic carbocycles. The van der Waals surface area contributed by atoms with Crippen molar-refractivity contribution in [1.82, 2.24) is 4.57 Å². The molecule has 0 saturated heterocycles. The van der Waals surface area contributed by atoms with Crippen molar-refractivity contribution in [3.05, 3.63) is 106 Å². The normalized spacial score (nSPS) is 14.8. The number of aromatic nitrogens is 1. The number of fused-ring (bicyclic) bond motifs is 1. The Balaban J connectivity index is 1.65. The van der Waals surface area contributed by atoms with Gasteiger partial charge in [0.15, 0.2) is 4.80 Å². The standard InChI is InChI=1S/C29H24ClN3O8S/c1-5-40-28(35)25-15(2)31-29-32(26(25)19-9-7-17(38-3)13-23(19)39-4)27(34)24(42-29)14-18-8-11-22(41-18)16-6-10-20(30)21(12-16)33(36)37/h6-14,26H,5H2,1-4H3/b24-14-/t26-/m1/s1. The van der Waals surface area contributed by atoms with E-state index < -0.39 is 22.5 Å². The van der Waals surface area contributed by atoms with Crippen LogP contribution in [0.5, 0.6) is 11.5 Å². The molecule has 42 heavy (non-hydrogen) atoms. The fraction of sp³-hybridized carbons (Fsp3) is 0.207. The van der Waals surface area contributed by atoms with E-state index in [-0.39, 0.29) is 22.9 Å². The molecule has 2 aromatic carbocycles. The van der Waals surface area contributed by atoms with Gasteiger partial charge >= 0.3 is 5.97 Å². The second-order valence-corrected chi connectivity index (χ2v) is 10.5. The third kappa shape index (κ3) is 5.21. The van der Waals surface area contributed by atoms with Crippen LogP contribution in [0.2, 0.25) is 5.02 Å². The number of nitrogens with zero attached hydrogens (tertiary/aromatic N) is 3. The Hall–Kier alpha value is -4.68. The minimum Gasteiger partial charge on any atom is -0.497 e. The Morgan fingerprint density at radius 1 is 1.19 bits per heavy atom. The van der Waals surface area contributed by atoms with Crippen LogP contribution < -0.4 is 24.4 Å². The third-order valence-corrected chi connectivity index (χ3v) is 7.88. The van der Waals surface area contributed by atoms with Gasteiger partial charge in [-0.1, -0.05) is 22.9 Å². The Kier molecular flexibility index (Phi) is 8.01. The van der Waals surface area contributed by atoms with E-state index in [0.29, 0.717) is 49.2 Å². The molecule has 13 heteroatoms. The van der Waals surface area contributed by atoms with Gasteiger partial charge in [0.25, 0.3) is 11.2 Å². The molecule has 0 amide bonds. The number of carbonyl (C=O) groups excluding carboxylic acids is 1. The van der Waals surface area contributed by atoms with E-state index in [2.05, 4.69) is 4.99 Å². The first-order valence-corrected chi connectivity index (χ1v) is 13.8. The molecule has 1 aliphatic heterocycles. The van der Waals surface area contributed by atoms with Gasteiger partial charge in [0, 0.05) is 29.3 Å². The van der Waals surface area contributed by atoms with Gasteiger partial charge in [0.1, 0.15) is 34.1 Å². The second kappa shape index (κ2) is 11.7. The van der Waals surface area contributed by atoms with Crippen LogP contribution in [0.4, 0.5) is 5.69 Å². The highest BCUT2D eigenvalue weighted by Gasteiger charge is 2.35. The first-order chi connectivity index (χ1) is 20.2. The molecule has 0 unspecified atom stereocenters. The maximum absolute atomic E-state index is 13.9. The van der Waals surface area contributed by atoms with Gasteiger partial charge in [-0.3, -0.25) is 19.5 Å². The van der Waals surface area contributed by atoms with Gasteiger partial charge in [0.05, 0.1) is 41.6 Å². The number of nitro benzene ring substituents is 1. The molecule has 0 fully saturated rings. The molecule has 4 aromatic rings. The van der Waals surface area contributed by atoms with Crippen LogP contribution >= 0.6 is 22.9 Å². The molecular formula is C29H24ClN3O8S. The van der Waals surface area contributed by atoms with Gasteiger partial charge in [-0.2, -0.15) is 0 Å². The number of carbonyl (C=O) groups is 1. The predicted octanol–water partition coefficient (Wildman–Crippen LogP) is 4.64. The number of rotatable bonds is 8. The SMILES string of the molecule is CCOC(=O)C1=C(C)N=c2s/c(=C\c3ccc(-c4ccc(Cl)c([N+](=O)[O-])c4)o3)c(=O)n2[C@@H]1c1ccc(OC)cc1OC. The first-order valence-electron chi connectivity index (χ1n) is 12.6. The number of benzene rings is 2. The maximum Gasteiger partial charge on any atom is 0.338 e. The molecule has 11 nitrogen and oxygen atoms in total. The lowest BCUT2D eigenvalue weighted by Crippen LogP contribution is -2.40. The largest absolute Gasteiger partial charge is 0.497 e. The van der Waals surface area contributed by atoms with Crippen molar-refractivity contribution in [2.24, 2.45) is 4.99 Å². The summed E-state index contributed by atoms with van der Waals surface area (Å²) in [5.74, 6) is 1.06. The van der Waals surface area contributed by atoms with Crippen molar-refractivity contribution < 1.29 is 28.3 Å². The second-order valence-electron chi connectivity index (χ2n) is 9.04. The number of methoxy groups -OCH3 is 2. The number of allylic oxidation sites excluding steroid dienone is 1. The molecule has 1 atom stereocenters. The summed E-state index contributed by atoms with van der Waals surface area (Å²) in [6.07, 6.45) is 1.56. The molecule has 0 bridgehead atoms. The van der Waals surface area contributed by atoms with E-state index in [0.717, 1.165) is 11.3 Å². The molecule has 0 N–H and O–H groups in total. The number of hydrogen-bond acceptors (Lipinski definition) is 10. The van der Waals surface area contributed by atoms with Crippen molar-refractivity contribution in [2.45, 2.75) is 19.9 Å². The zero-order chi connectivity index (χ0) is 30.1. The lowest BCUT2D eigenvalue weighted by molar-refractivity contribution is -0.384. The minimum atomic E-state index is -0.884. The van der Waals surface area contributed by atoms with Crippen LogP contribution in [0.15, 0.2) is 74.0 Å². The fourth-order valence-corrected chi connectivity index (χ4v) is 5.86. The van der Waals surface area contributed by atoms with Crippen LogP contribution in [0, 0.1) is 10.1 Å². The van der Waals surface area contributed by atoms with Crippen LogP contribution in [-0.4, -0.2) is 36.3 Å². The Bertz CT molecular complexity index is 1940.